The van der Waals surface area contributed by atoms with Crippen molar-refractivity contribution in [1.82, 2.24) is 0 Å². The number of hydrogen-bond donors (Lipinski definition) is 0. The fourth-order valence-corrected chi connectivity index (χ4v) is 1.06. The molecule has 0 aromatic heterocycles. The maximum atomic E-state index is 13.3. The van der Waals surface area contributed by atoms with Crippen molar-refractivity contribution in [3.8, 4) is 5.75 Å². The lowest BCUT2D eigenvalue weighted by atomic mass is 10.2. The van der Waals surface area contributed by atoms with Crippen molar-refractivity contribution in [1.29, 1.82) is 0 Å². The number of carbonyl (C=O) groups is 1. The molecule has 16 heavy (non-hydrogen) atoms. The minimum absolute atomic E-state index is 0.0521. The Morgan fingerprint density at radius 2 is 1.94 bits per heavy atom. The van der Waals surface area contributed by atoms with Crippen LogP contribution >= 0.6 is 0 Å². The third-order valence-electron chi connectivity index (χ3n) is 1.90. The number of methoxy groups -OCH3 is 2. The Morgan fingerprint density at radius 3 is 2.50 bits per heavy atom. The molecule has 0 amide bonds. The van der Waals surface area contributed by atoms with Gasteiger partial charge in [0.25, 0.3) is 0 Å². The summed E-state index contributed by atoms with van der Waals surface area (Å²) < 4.78 is 35.5. The molecule has 0 unspecified atom stereocenters. The third-order valence-corrected chi connectivity index (χ3v) is 1.90. The number of carbonyl (C=O) groups excluding carboxylic acids is 1. The van der Waals surface area contributed by atoms with E-state index >= 15 is 0 Å². The maximum Gasteiger partial charge on any atom is 0.330 e. The summed E-state index contributed by atoms with van der Waals surface area (Å²) in [5.41, 5.74) is -0.0521. The van der Waals surface area contributed by atoms with Crippen LogP contribution in [-0.4, -0.2) is 20.2 Å². The molecule has 3 nitrogen and oxygen atoms in total. The molecule has 0 N–H and O–H groups in total. The van der Waals surface area contributed by atoms with Gasteiger partial charge in [-0.25, -0.2) is 9.18 Å². The van der Waals surface area contributed by atoms with Crippen molar-refractivity contribution in [2.45, 2.75) is 0 Å². The highest BCUT2D eigenvalue weighted by atomic mass is 19.2. The van der Waals surface area contributed by atoms with Gasteiger partial charge < -0.3 is 9.47 Å². The molecular formula is C11H10F2O3. The quantitative estimate of drug-likeness (QED) is 0.587. The lowest BCUT2D eigenvalue weighted by molar-refractivity contribution is -0.134. The Labute approximate surface area is 91.3 Å². The van der Waals surface area contributed by atoms with E-state index < -0.39 is 17.6 Å². The van der Waals surface area contributed by atoms with Gasteiger partial charge in [-0.2, -0.15) is 4.39 Å². The van der Waals surface area contributed by atoms with Gasteiger partial charge in [0.15, 0.2) is 11.6 Å². The number of ether oxygens (including phenoxy) is 2. The average molecular weight is 228 g/mol. The number of esters is 1. The molecule has 0 aliphatic carbocycles. The van der Waals surface area contributed by atoms with Gasteiger partial charge in [-0.15, -0.1) is 0 Å². The van der Waals surface area contributed by atoms with Gasteiger partial charge in [0.05, 0.1) is 14.2 Å². The molecule has 1 rings (SSSR count). The largest absolute Gasteiger partial charge is 0.494 e. The Morgan fingerprint density at radius 1 is 1.25 bits per heavy atom. The minimum Gasteiger partial charge on any atom is -0.494 e. The van der Waals surface area contributed by atoms with E-state index in [-0.39, 0.29) is 11.3 Å². The van der Waals surface area contributed by atoms with E-state index in [0.29, 0.717) is 0 Å². The molecule has 1 aromatic carbocycles. The zero-order chi connectivity index (χ0) is 12.1. The summed E-state index contributed by atoms with van der Waals surface area (Å²) in [5.74, 6) is -2.99. The third kappa shape index (κ3) is 2.56. The van der Waals surface area contributed by atoms with Gasteiger partial charge in [-0.1, -0.05) is 0 Å². The van der Waals surface area contributed by atoms with Crippen LogP contribution in [0.1, 0.15) is 5.56 Å². The summed E-state index contributed by atoms with van der Waals surface area (Å²) in [7, 11) is 2.43. The van der Waals surface area contributed by atoms with E-state index in [1.807, 2.05) is 0 Å². The lowest BCUT2D eigenvalue weighted by Gasteiger charge is -2.04. The van der Waals surface area contributed by atoms with Gasteiger partial charge in [-0.3, -0.25) is 0 Å². The molecule has 0 aliphatic heterocycles. The van der Waals surface area contributed by atoms with Gasteiger partial charge in [0.2, 0.25) is 5.82 Å². The minimum atomic E-state index is -1.09. The molecule has 0 saturated carbocycles. The van der Waals surface area contributed by atoms with Crippen molar-refractivity contribution in [2.75, 3.05) is 14.2 Å². The highest BCUT2D eigenvalue weighted by Gasteiger charge is 2.12. The van der Waals surface area contributed by atoms with Crippen LogP contribution in [0.25, 0.3) is 6.08 Å². The fraction of sp³-hybridized carbons (Fsp3) is 0.182. The standard InChI is InChI=1S/C11H10F2O3/c1-15-8-5-3-7(10(12)11(8)13)4-6-9(14)16-2/h3-6H,1-2H3. The van der Waals surface area contributed by atoms with Crippen molar-refractivity contribution >= 4 is 12.0 Å². The summed E-state index contributed by atoms with van der Waals surface area (Å²) >= 11 is 0. The molecule has 0 radical (unpaired) electrons. The monoisotopic (exact) mass is 228 g/mol. The first kappa shape index (κ1) is 12.2. The Bertz CT molecular complexity index is 427. The van der Waals surface area contributed by atoms with E-state index in [1.165, 1.54) is 26.4 Å². The first-order chi connectivity index (χ1) is 7.60. The predicted molar refractivity (Wildman–Crippen MR) is 54.0 cm³/mol. The molecule has 0 aliphatic rings. The summed E-state index contributed by atoms with van der Waals surface area (Å²) in [5, 5.41) is 0. The Hall–Kier alpha value is -1.91. The van der Waals surface area contributed by atoms with E-state index in [1.54, 1.807) is 0 Å². The van der Waals surface area contributed by atoms with Crippen molar-refractivity contribution in [3.05, 3.63) is 35.4 Å². The smallest absolute Gasteiger partial charge is 0.330 e. The number of hydrogen-bond acceptors (Lipinski definition) is 3. The molecule has 86 valence electrons. The van der Waals surface area contributed by atoms with Crippen LogP contribution < -0.4 is 4.74 Å². The number of benzene rings is 1. The molecule has 0 atom stereocenters. The van der Waals surface area contributed by atoms with Gasteiger partial charge >= 0.3 is 5.97 Å². The number of halogens is 2. The molecular weight excluding hydrogens is 218 g/mol. The SMILES string of the molecule is COC(=O)C=Cc1ccc(OC)c(F)c1F. The second-order valence-electron chi connectivity index (χ2n) is 2.84. The maximum absolute atomic E-state index is 13.3. The van der Waals surface area contributed by atoms with E-state index in [2.05, 4.69) is 9.47 Å². The van der Waals surface area contributed by atoms with Gasteiger partial charge in [0.1, 0.15) is 0 Å². The van der Waals surface area contributed by atoms with Crippen LogP contribution in [0.2, 0.25) is 0 Å². The summed E-state index contributed by atoms with van der Waals surface area (Å²) in [6.45, 7) is 0. The summed E-state index contributed by atoms with van der Waals surface area (Å²) in [6, 6.07) is 2.58. The predicted octanol–water partition coefficient (Wildman–Crippen LogP) is 2.16. The fourth-order valence-electron chi connectivity index (χ4n) is 1.06. The Balaban J connectivity index is 3.03. The van der Waals surface area contributed by atoms with Crippen molar-refractivity contribution in [3.63, 3.8) is 0 Å². The van der Waals surface area contributed by atoms with Crippen LogP contribution in [0, 0.1) is 11.6 Å². The summed E-state index contributed by atoms with van der Waals surface area (Å²) in [6.07, 6.45) is 2.13. The van der Waals surface area contributed by atoms with E-state index in [4.69, 9.17) is 0 Å². The molecule has 0 spiro atoms. The zero-order valence-corrected chi connectivity index (χ0v) is 8.79. The topological polar surface area (TPSA) is 35.5 Å². The first-order valence-corrected chi connectivity index (χ1v) is 4.38. The normalized spacial score (nSPS) is 10.5. The number of rotatable bonds is 3. The Kier molecular flexibility index (Phi) is 3.99. The van der Waals surface area contributed by atoms with Crippen molar-refractivity contribution < 1.29 is 23.0 Å². The van der Waals surface area contributed by atoms with Crippen LogP contribution in [-0.2, 0) is 9.53 Å². The molecule has 1 aromatic rings. The second kappa shape index (κ2) is 5.25. The van der Waals surface area contributed by atoms with Crippen LogP contribution in [0.15, 0.2) is 18.2 Å². The van der Waals surface area contributed by atoms with Crippen molar-refractivity contribution in [2.24, 2.45) is 0 Å². The van der Waals surface area contributed by atoms with Gasteiger partial charge in [0, 0.05) is 11.6 Å². The average Bonchev–Trinajstić information content (AvgIpc) is 2.30. The molecule has 0 bridgehead atoms. The molecule has 0 heterocycles. The highest BCUT2D eigenvalue weighted by molar-refractivity contribution is 5.86. The lowest BCUT2D eigenvalue weighted by Crippen LogP contribution is -1.96. The second-order valence-corrected chi connectivity index (χ2v) is 2.84. The first-order valence-electron chi connectivity index (χ1n) is 4.38. The summed E-state index contributed by atoms with van der Waals surface area (Å²) in [4.78, 5) is 10.8. The van der Waals surface area contributed by atoms with Crippen LogP contribution in [0.3, 0.4) is 0 Å². The van der Waals surface area contributed by atoms with Gasteiger partial charge in [-0.05, 0) is 18.2 Å². The molecule has 5 heteroatoms. The van der Waals surface area contributed by atoms with E-state index in [9.17, 15) is 13.6 Å². The molecule has 0 fully saturated rings. The van der Waals surface area contributed by atoms with Crippen LogP contribution in [0.4, 0.5) is 8.78 Å². The van der Waals surface area contributed by atoms with E-state index in [0.717, 1.165) is 12.2 Å². The van der Waals surface area contributed by atoms with Crippen LogP contribution in [0.5, 0.6) is 5.75 Å². The zero-order valence-electron chi connectivity index (χ0n) is 8.79. The molecule has 0 saturated heterocycles. The highest BCUT2D eigenvalue weighted by Crippen LogP contribution is 2.22.